The van der Waals surface area contributed by atoms with E-state index >= 15 is 0 Å². The molecule has 1 aromatic carbocycles. The molecule has 0 radical (unpaired) electrons. The third-order valence-corrected chi connectivity index (χ3v) is 4.50. The Hall–Kier alpha value is -3.44. The zero-order valence-electron chi connectivity index (χ0n) is 17.1. The van der Waals surface area contributed by atoms with E-state index in [0.29, 0.717) is 0 Å². The van der Waals surface area contributed by atoms with Gasteiger partial charge in [-0.05, 0) is 33.3 Å². The van der Waals surface area contributed by atoms with Crippen LogP contribution in [0, 0.1) is 26.1 Å². The molecule has 1 aromatic rings. The average Bonchev–Trinajstić information content (AvgIpc) is 2.66. The summed E-state index contributed by atoms with van der Waals surface area (Å²) >= 11 is 0. The number of non-ortho nitro benzene ring substituents is 1. The number of amides is 1. The molecular formula is C18H24N4O8. The van der Waals surface area contributed by atoms with Crippen molar-refractivity contribution in [2.24, 2.45) is 5.92 Å². The van der Waals surface area contributed by atoms with Gasteiger partial charge in [0.1, 0.15) is 11.3 Å². The number of piperidine rings is 1. The van der Waals surface area contributed by atoms with E-state index in [1.165, 1.54) is 18.1 Å². The average molecular weight is 424 g/mol. The molecule has 0 saturated carbocycles. The fourth-order valence-corrected chi connectivity index (χ4v) is 3.11. The smallest absolute Gasteiger partial charge is 0.410 e. The molecule has 0 aromatic heterocycles. The Labute approximate surface area is 172 Å². The molecule has 1 aliphatic rings. The second kappa shape index (κ2) is 8.93. The third kappa shape index (κ3) is 5.55. The number of methoxy groups -OCH3 is 1. The summed E-state index contributed by atoms with van der Waals surface area (Å²) in [5, 5.41) is 25.2. The highest BCUT2D eigenvalue weighted by atomic mass is 16.6. The normalized spacial score (nSPS) is 19.0. The van der Waals surface area contributed by atoms with Gasteiger partial charge in [-0.1, -0.05) is 0 Å². The molecule has 0 bridgehead atoms. The zero-order valence-corrected chi connectivity index (χ0v) is 17.1. The Kier molecular flexibility index (Phi) is 6.80. The molecule has 164 valence electrons. The molecule has 2 rings (SSSR count). The van der Waals surface area contributed by atoms with Crippen LogP contribution in [0.1, 0.15) is 27.2 Å². The van der Waals surface area contributed by atoms with Gasteiger partial charge in [0, 0.05) is 25.2 Å². The van der Waals surface area contributed by atoms with Gasteiger partial charge in [0.05, 0.1) is 28.9 Å². The van der Waals surface area contributed by atoms with E-state index in [9.17, 15) is 29.8 Å². The molecule has 1 heterocycles. The highest BCUT2D eigenvalue weighted by molar-refractivity contribution is 5.77. The number of ether oxygens (including phenoxy) is 2. The lowest BCUT2D eigenvalue weighted by atomic mass is 9.91. The Balaban J connectivity index is 2.25. The molecule has 1 amide bonds. The lowest BCUT2D eigenvalue weighted by Crippen LogP contribution is -2.52. The minimum atomic E-state index is -0.814. The summed E-state index contributed by atoms with van der Waals surface area (Å²) in [6, 6.07) is 2.63. The Morgan fingerprint density at radius 1 is 1.20 bits per heavy atom. The summed E-state index contributed by atoms with van der Waals surface area (Å²) in [7, 11) is 1.21. The van der Waals surface area contributed by atoms with E-state index < -0.39 is 50.8 Å². The van der Waals surface area contributed by atoms with E-state index in [-0.39, 0.29) is 25.2 Å². The maximum atomic E-state index is 12.4. The van der Waals surface area contributed by atoms with Gasteiger partial charge < -0.3 is 19.7 Å². The lowest BCUT2D eigenvalue weighted by Gasteiger charge is -2.38. The Bertz CT molecular complexity index is 851. The van der Waals surface area contributed by atoms with Crippen molar-refractivity contribution in [2.45, 2.75) is 38.8 Å². The van der Waals surface area contributed by atoms with Crippen LogP contribution in [0.25, 0.3) is 0 Å². The SMILES string of the molecule is COC(=O)[C@@H]1CN(C(=O)OC(C)(C)C)CC[C@H]1Nc1ccc([N+](=O)[O-])cc1[N+](=O)[O-]. The molecule has 1 saturated heterocycles. The number of nitro benzene ring substituents is 2. The van der Waals surface area contributed by atoms with Crippen LogP contribution >= 0.6 is 0 Å². The number of esters is 1. The number of carbonyl (C=O) groups excluding carboxylic acids is 2. The molecule has 12 nitrogen and oxygen atoms in total. The lowest BCUT2D eigenvalue weighted by molar-refractivity contribution is -0.393. The fraction of sp³-hybridized carbons (Fsp3) is 0.556. The van der Waals surface area contributed by atoms with Crippen molar-refractivity contribution in [1.82, 2.24) is 4.90 Å². The number of hydrogen-bond acceptors (Lipinski definition) is 9. The minimum absolute atomic E-state index is 0.0000320. The fourth-order valence-electron chi connectivity index (χ4n) is 3.11. The van der Waals surface area contributed by atoms with Crippen LogP contribution in [-0.2, 0) is 14.3 Å². The first kappa shape index (κ1) is 22.8. The van der Waals surface area contributed by atoms with Crippen LogP contribution in [0.4, 0.5) is 21.9 Å². The van der Waals surface area contributed by atoms with Gasteiger partial charge in [-0.15, -0.1) is 0 Å². The number of nitrogens with zero attached hydrogens (tertiary/aromatic N) is 3. The number of carbonyl (C=O) groups is 2. The number of benzene rings is 1. The predicted molar refractivity (Wildman–Crippen MR) is 105 cm³/mol. The quantitative estimate of drug-likeness (QED) is 0.427. The summed E-state index contributed by atoms with van der Waals surface area (Å²) in [6.45, 7) is 5.43. The molecule has 0 aliphatic carbocycles. The molecule has 2 atom stereocenters. The van der Waals surface area contributed by atoms with Gasteiger partial charge >= 0.3 is 12.1 Å². The van der Waals surface area contributed by atoms with E-state index in [1.54, 1.807) is 20.8 Å². The topological polar surface area (TPSA) is 154 Å². The van der Waals surface area contributed by atoms with Gasteiger partial charge in [-0.25, -0.2) is 4.79 Å². The van der Waals surface area contributed by atoms with Crippen molar-refractivity contribution in [3.05, 3.63) is 38.4 Å². The van der Waals surface area contributed by atoms with Crippen LogP contribution in [0.5, 0.6) is 0 Å². The summed E-state index contributed by atoms with van der Waals surface area (Å²) in [4.78, 5) is 46.9. The van der Waals surface area contributed by atoms with Crippen LogP contribution in [0.3, 0.4) is 0 Å². The van der Waals surface area contributed by atoms with Gasteiger partial charge in [-0.3, -0.25) is 25.0 Å². The minimum Gasteiger partial charge on any atom is -0.469 e. The van der Waals surface area contributed by atoms with E-state index in [4.69, 9.17) is 9.47 Å². The summed E-state index contributed by atoms with van der Waals surface area (Å²) in [6.07, 6.45) is -0.288. The van der Waals surface area contributed by atoms with Crippen LogP contribution < -0.4 is 5.32 Å². The van der Waals surface area contributed by atoms with Crippen LogP contribution in [0.2, 0.25) is 0 Å². The highest BCUT2D eigenvalue weighted by Gasteiger charge is 2.39. The Morgan fingerprint density at radius 2 is 1.87 bits per heavy atom. The third-order valence-electron chi connectivity index (χ3n) is 4.50. The maximum absolute atomic E-state index is 12.4. The van der Waals surface area contributed by atoms with Gasteiger partial charge in [0.2, 0.25) is 0 Å². The number of likely N-dealkylation sites (tertiary alicyclic amines) is 1. The van der Waals surface area contributed by atoms with Gasteiger partial charge in [-0.2, -0.15) is 0 Å². The van der Waals surface area contributed by atoms with E-state index in [0.717, 1.165) is 12.1 Å². The zero-order chi connectivity index (χ0) is 22.6. The first-order valence-electron chi connectivity index (χ1n) is 9.18. The largest absolute Gasteiger partial charge is 0.469 e. The van der Waals surface area contributed by atoms with Crippen molar-refractivity contribution in [1.29, 1.82) is 0 Å². The van der Waals surface area contributed by atoms with Crippen molar-refractivity contribution in [2.75, 3.05) is 25.5 Å². The van der Waals surface area contributed by atoms with E-state index in [1.807, 2.05) is 0 Å². The molecule has 0 spiro atoms. The molecule has 30 heavy (non-hydrogen) atoms. The van der Waals surface area contributed by atoms with Gasteiger partial charge in [0.25, 0.3) is 11.4 Å². The number of nitrogens with one attached hydrogen (secondary N) is 1. The van der Waals surface area contributed by atoms with Crippen molar-refractivity contribution in [3.63, 3.8) is 0 Å². The molecule has 1 N–H and O–H groups in total. The predicted octanol–water partition coefficient (Wildman–Crippen LogP) is 2.71. The second-order valence-electron chi connectivity index (χ2n) is 7.81. The highest BCUT2D eigenvalue weighted by Crippen LogP contribution is 2.32. The first-order valence-corrected chi connectivity index (χ1v) is 9.18. The number of anilines is 1. The maximum Gasteiger partial charge on any atom is 0.410 e. The molecule has 1 aliphatic heterocycles. The number of rotatable bonds is 5. The van der Waals surface area contributed by atoms with Crippen molar-refractivity contribution < 1.29 is 28.9 Å². The summed E-state index contributed by atoms with van der Waals surface area (Å²) in [5.74, 6) is -1.41. The van der Waals surface area contributed by atoms with Crippen molar-refractivity contribution >= 4 is 29.1 Å². The van der Waals surface area contributed by atoms with Crippen molar-refractivity contribution in [3.8, 4) is 0 Å². The molecule has 1 fully saturated rings. The summed E-state index contributed by atoms with van der Waals surface area (Å²) < 4.78 is 10.2. The van der Waals surface area contributed by atoms with E-state index in [2.05, 4.69) is 5.32 Å². The molecular weight excluding hydrogens is 400 g/mol. The first-order chi connectivity index (χ1) is 13.9. The van der Waals surface area contributed by atoms with Gasteiger partial charge in [0.15, 0.2) is 0 Å². The summed E-state index contributed by atoms with van der Waals surface area (Å²) in [5.41, 5.74) is -1.57. The standard InChI is InChI=1S/C18H24N4O8/c1-18(2,3)30-17(24)20-8-7-13(12(10-20)16(23)29-4)19-14-6-5-11(21(25)26)9-15(14)22(27)28/h5-6,9,12-13,19H,7-8,10H2,1-4H3/t12-,13-/m1/s1. The molecule has 12 heteroatoms. The Morgan fingerprint density at radius 3 is 2.40 bits per heavy atom. The van der Waals surface area contributed by atoms with Crippen LogP contribution in [-0.4, -0.2) is 58.7 Å². The number of nitro groups is 2. The second-order valence-corrected chi connectivity index (χ2v) is 7.81. The number of hydrogen-bond donors (Lipinski definition) is 1. The monoisotopic (exact) mass is 424 g/mol. The van der Waals surface area contributed by atoms with Crippen LogP contribution in [0.15, 0.2) is 18.2 Å². The molecule has 0 unspecified atom stereocenters.